The van der Waals surface area contributed by atoms with Gasteiger partial charge in [-0.25, -0.2) is 0 Å². The average molecular weight is 597 g/mol. The zero-order valence-corrected chi connectivity index (χ0v) is 25.0. The van der Waals surface area contributed by atoms with E-state index in [0.717, 1.165) is 72.8 Å². The first-order chi connectivity index (χ1) is 22.3. The van der Waals surface area contributed by atoms with Gasteiger partial charge in [-0.2, -0.15) is 0 Å². The Bertz CT molecular complexity index is 2050. The summed E-state index contributed by atoms with van der Waals surface area (Å²) in [6.07, 6.45) is 7.31. The molecule has 45 heavy (non-hydrogen) atoms. The molecule has 2 aliphatic rings. The molecule has 4 nitrogen and oxygen atoms in total. The molecule has 7 aromatic rings. The van der Waals surface area contributed by atoms with E-state index in [2.05, 4.69) is 107 Å². The summed E-state index contributed by atoms with van der Waals surface area (Å²) >= 11 is 0. The molecule has 212 valence electrons. The Balaban J connectivity index is 1.15. The first kappa shape index (κ1) is 25.9. The Kier molecular flexibility index (Phi) is 6.07. The van der Waals surface area contributed by atoms with Crippen LogP contribution in [0.5, 0.6) is 23.0 Å². The van der Waals surface area contributed by atoms with Crippen LogP contribution in [-0.2, 0) is 0 Å². The molecule has 0 saturated heterocycles. The summed E-state index contributed by atoms with van der Waals surface area (Å²) in [6.45, 7) is 0. The molecule has 2 aliphatic heterocycles. The molecule has 0 atom stereocenters. The van der Waals surface area contributed by atoms with Gasteiger partial charge in [-0.3, -0.25) is 9.97 Å². The van der Waals surface area contributed by atoms with Crippen LogP contribution in [0.25, 0.3) is 44.5 Å². The lowest BCUT2D eigenvalue weighted by Gasteiger charge is -2.36. The topological polar surface area (TPSA) is 44.2 Å². The van der Waals surface area contributed by atoms with Gasteiger partial charge < -0.3 is 9.47 Å². The van der Waals surface area contributed by atoms with Crippen LogP contribution in [0.4, 0.5) is 0 Å². The lowest BCUT2D eigenvalue weighted by Crippen LogP contribution is -2.32. The summed E-state index contributed by atoms with van der Waals surface area (Å²) < 4.78 is 13.5. The molecule has 0 saturated carbocycles. The van der Waals surface area contributed by atoms with Crippen molar-refractivity contribution in [2.24, 2.45) is 0 Å². The second-order valence-electron chi connectivity index (χ2n) is 11.1. The van der Waals surface area contributed by atoms with Crippen molar-refractivity contribution in [2.75, 3.05) is 0 Å². The third-order valence-electron chi connectivity index (χ3n) is 8.50. The highest BCUT2D eigenvalue weighted by Crippen LogP contribution is 2.55. The molecule has 0 bridgehead atoms. The molecular weight excluding hydrogens is 571 g/mol. The lowest BCUT2D eigenvalue weighted by molar-refractivity contribution is 0.468. The molecule has 4 heterocycles. The fraction of sp³-hybridized carbons (Fsp3) is 0. The van der Waals surface area contributed by atoms with Gasteiger partial charge in [0, 0.05) is 54.4 Å². The zero-order valence-electron chi connectivity index (χ0n) is 24.1. The Hall–Kier alpha value is -5.57. The summed E-state index contributed by atoms with van der Waals surface area (Å²) in [5.74, 6) is 3.57. The van der Waals surface area contributed by atoms with Gasteiger partial charge in [-0.1, -0.05) is 91.0 Å². The summed E-state index contributed by atoms with van der Waals surface area (Å²) in [6, 6.07) is 44.8. The highest BCUT2D eigenvalue weighted by molar-refractivity contribution is 7.80. The van der Waals surface area contributed by atoms with Crippen LogP contribution in [0.3, 0.4) is 0 Å². The number of fused-ring (bicyclic) bond motifs is 4. The number of aromatic nitrogens is 2. The molecule has 0 aliphatic carbocycles. The maximum atomic E-state index is 6.73. The van der Waals surface area contributed by atoms with Gasteiger partial charge >= 0.3 is 0 Å². The molecule has 5 heteroatoms. The number of pyridine rings is 2. The van der Waals surface area contributed by atoms with Gasteiger partial charge in [-0.15, -0.1) is 0 Å². The first-order valence-corrected chi connectivity index (χ1v) is 16.2. The van der Waals surface area contributed by atoms with Crippen LogP contribution in [0.15, 0.2) is 152 Å². The summed E-state index contributed by atoms with van der Waals surface area (Å²) in [7, 11) is -0.913. The van der Waals surface area contributed by atoms with Crippen LogP contribution in [0.1, 0.15) is 0 Å². The van der Waals surface area contributed by atoms with E-state index in [0.29, 0.717) is 0 Å². The molecule has 0 radical (unpaired) electrons. The van der Waals surface area contributed by atoms with E-state index in [-0.39, 0.29) is 0 Å². The van der Waals surface area contributed by atoms with E-state index < -0.39 is 7.92 Å². The van der Waals surface area contributed by atoms with E-state index >= 15 is 0 Å². The van der Waals surface area contributed by atoms with Gasteiger partial charge in [0.2, 0.25) is 0 Å². The van der Waals surface area contributed by atoms with Crippen LogP contribution in [0, 0.1) is 0 Å². The minimum atomic E-state index is -0.913. The fourth-order valence-electron chi connectivity index (χ4n) is 6.32. The molecule has 0 spiro atoms. The first-order valence-electron chi connectivity index (χ1n) is 14.9. The predicted octanol–water partition coefficient (Wildman–Crippen LogP) is 9.11. The molecule has 0 N–H and O–H groups in total. The maximum Gasteiger partial charge on any atom is 0.143 e. The Morgan fingerprint density at radius 1 is 0.378 bits per heavy atom. The van der Waals surface area contributed by atoms with Crippen LogP contribution < -0.4 is 25.4 Å². The van der Waals surface area contributed by atoms with Crippen LogP contribution >= 0.6 is 7.92 Å². The van der Waals surface area contributed by atoms with Crippen molar-refractivity contribution in [1.82, 2.24) is 9.97 Å². The molecular formula is C40H25N2O2P. The molecule has 2 aromatic heterocycles. The molecule has 0 unspecified atom stereocenters. The van der Waals surface area contributed by atoms with Crippen molar-refractivity contribution in [2.45, 2.75) is 0 Å². The lowest BCUT2D eigenvalue weighted by atomic mass is 10.00. The SMILES string of the molecule is c1cc2c3c(c1)Oc1c(-c4ccc(-c5ccncc5)cc4)cccc1P3c1cccc(-c3ccc(-c4ccncc4)cc3)c1O2. The maximum absolute atomic E-state index is 6.73. The fourth-order valence-corrected chi connectivity index (χ4v) is 8.95. The van der Waals surface area contributed by atoms with E-state index in [9.17, 15) is 0 Å². The van der Waals surface area contributed by atoms with Gasteiger partial charge in [0.25, 0.3) is 0 Å². The standard InChI is InChI=1S/C40H25N2O2P/c1-4-32(30-14-10-26(11-15-30)28-18-22-41-23-19-28)38-36(8-1)45-37-9-2-5-33(39(37)44-35-7-3-6-34(43-38)40(35)45)31-16-12-27(13-17-31)29-20-24-42-25-21-29/h1-25H. The van der Waals surface area contributed by atoms with Gasteiger partial charge in [-0.05, 0) is 69.8 Å². The largest absolute Gasteiger partial charge is 0.455 e. The van der Waals surface area contributed by atoms with Crippen molar-refractivity contribution in [3.63, 3.8) is 0 Å². The third kappa shape index (κ3) is 4.34. The van der Waals surface area contributed by atoms with Gasteiger partial charge in [0.05, 0.1) is 5.30 Å². The van der Waals surface area contributed by atoms with E-state index in [1.165, 1.54) is 10.6 Å². The number of para-hydroxylation sites is 2. The smallest absolute Gasteiger partial charge is 0.143 e. The third-order valence-corrected chi connectivity index (χ3v) is 11.1. The van der Waals surface area contributed by atoms with E-state index in [1.807, 2.05) is 55.1 Å². The predicted molar refractivity (Wildman–Crippen MR) is 183 cm³/mol. The second kappa shape index (κ2) is 10.6. The summed E-state index contributed by atoms with van der Waals surface area (Å²) in [4.78, 5) is 8.31. The monoisotopic (exact) mass is 596 g/mol. The number of hydrogen-bond acceptors (Lipinski definition) is 4. The highest BCUT2D eigenvalue weighted by Gasteiger charge is 2.38. The normalized spacial score (nSPS) is 12.7. The van der Waals surface area contributed by atoms with Gasteiger partial charge in [0.15, 0.2) is 0 Å². The molecule has 9 rings (SSSR count). The van der Waals surface area contributed by atoms with Crippen molar-refractivity contribution >= 4 is 23.8 Å². The van der Waals surface area contributed by atoms with Crippen molar-refractivity contribution in [3.05, 3.63) is 152 Å². The minimum absolute atomic E-state index is 0.865. The van der Waals surface area contributed by atoms with Crippen LogP contribution in [-0.4, -0.2) is 9.97 Å². The number of nitrogens with zero attached hydrogens (tertiary/aromatic N) is 2. The number of hydrogen-bond donors (Lipinski definition) is 0. The number of rotatable bonds is 4. The Morgan fingerprint density at radius 3 is 1.20 bits per heavy atom. The summed E-state index contributed by atoms with van der Waals surface area (Å²) in [5, 5.41) is 3.55. The quantitative estimate of drug-likeness (QED) is 0.190. The zero-order chi connectivity index (χ0) is 29.7. The minimum Gasteiger partial charge on any atom is -0.455 e. The Labute approximate surface area is 262 Å². The molecule has 5 aromatic carbocycles. The van der Waals surface area contributed by atoms with Crippen molar-refractivity contribution < 1.29 is 9.47 Å². The number of benzene rings is 5. The Morgan fingerprint density at radius 2 is 0.756 bits per heavy atom. The van der Waals surface area contributed by atoms with Crippen molar-refractivity contribution in [1.29, 1.82) is 0 Å². The average Bonchev–Trinajstić information content (AvgIpc) is 3.12. The van der Waals surface area contributed by atoms with Crippen molar-refractivity contribution in [3.8, 4) is 67.5 Å². The molecule has 0 amide bonds. The molecule has 0 fully saturated rings. The van der Waals surface area contributed by atoms with E-state index in [4.69, 9.17) is 9.47 Å². The summed E-state index contributed by atoms with van der Waals surface area (Å²) in [5.41, 5.74) is 9.03. The van der Waals surface area contributed by atoms with Crippen LogP contribution in [0.2, 0.25) is 0 Å². The highest BCUT2D eigenvalue weighted by atomic mass is 31.1. The second-order valence-corrected chi connectivity index (χ2v) is 13.2. The van der Waals surface area contributed by atoms with E-state index in [1.54, 1.807) is 0 Å². The number of ether oxygens (including phenoxy) is 2. The van der Waals surface area contributed by atoms with Gasteiger partial charge in [0.1, 0.15) is 23.0 Å².